The molecule has 21 heavy (non-hydrogen) atoms. The van der Waals surface area contributed by atoms with E-state index in [2.05, 4.69) is 31.4 Å². The number of anilines is 2. The first-order valence-corrected chi connectivity index (χ1v) is 6.81. The van der Waals surface area contributed by atoms with E-state index >= 15 is 0 Å². The van der Waals surface area contributed by atoms with Crippen molar-refractivity contribution in [3.8, 4) is 5.75 Å². The van der Waals surface area contributed by atoms with Crippen LogP contribution in [0, 0.1) is 15.5 Å². The largest absolute Gasteiger partial charge is 0.481 e. The molecule has 1 aromatic rings. The molecule has 0 aliphatic carbocycles. The van der Waals surface area contributed by atoms with Crippen molar-refractivity contribution in [3.05, 3.63) is 22.2 Å². The molecule has 0 fully saturated rings. The standard InChI is InChI=1S/C14H19N3O4/c1-4-14(2,3)8-15-9-5-10-12(6-11(9)17(19)20)21-7-13(18)16-10/h5-6,15H,4,7-8H2,1-3H3,(H,16,18). The average molecular weight is 293 g/mol. The van der Waals surface area contributed by atoms with Gasteiger partial charge in [0.05, 0.1) is 16.7 Å². The van der Waals surface area contributed by atoms with Crippen LogP contribution in [-0.2, 0) is 4.79 Å². The summed E-state index contributed by atoms with van der Waals surface area (Å²) < 4.78 is 5.20. The van der Waals surface area contributed by atoms with E-state index in [1.807, 2.05) is 0 Å². The van der Waals surface area contributed by atoms with Gasteiger partial charge in [-0.25, -0.2) is 0 Å². The van der Waals surface area contributed by atoms with E-state index < -0.39 is 4.92 Å². The first-order chi connectivity index (χ1) is 9.82. The second kappa shape index (κ2) is 5.59. The summed E-state index contributed by atoms with van der Waals surface area (Å²) in [6, 6.07) is 2.90. The molecule has 1 aliphatic rings. The van der Waals surface area contributed by atoms with Crippen LogP contribution in [0.3, 0.4) is 0 Å². The molecule has 0 spiro atoms. The van der Waals surface area contributed by atoms with E-state index in [1.165, 1.54) is 6.07 Å². The molecular weight excluding hydrogens is 274 g/mol. The van der Waals surface area contributed by atoms with Gasteiger partial charge in [-0.05, 0) is 17.9 Å². The minimum absolute atomic E-state index is 0.0174. The summed E-state index contributed by atoms with van der Waals surface area (Å²) in [5.74, 6) is 0.0535. The van der Waals surface area contributed by atoms with Crippen LogP contribution in [0.5, 0.6) is 5.75 Å². The Morgan fingerprint density at radius 1 is 1.48 bits per heavy atom. The molecule has 0 radical (unpaired) electrons. The Morgan fingerprint density at radius 2 is 2.19 bits per heavy atom. The number of hydrogen-bond donors (Lipinski definition) is 2. The lowest BCUT2D eigenvalue weighted by molar-refractivity contribution is -0.384. The Balaban J connectivity index is 2.32. The van der Waals surface area contributed by atoms with E-state index in [1.54, 1.807) is 6.07 Å². The SMILES string of the molecule is CCC(C)(C)CNc1cc2c(cc1[N+](=O)[O-])OCC(=O)N2. The molecule has 2 rings (SSSR count). The van der Waals surface area contributed by atoms with Crippen LogP contribution in [0.15, 0.2) is 12.1 Å². The van der Waals surface area contributed by atoms with Crippen molar-refractivity contribution >= 4 is 23.0 Å². The average Bonchev–Trinajstić information content (AvgIpc) is 2.44. The van der Waals surface area contributed by atoms with E-state index in [0.717, 1.165) is 6.42 Å². The quantitative estimate of drug-likeness (QED) is 0.643. The number of amides is 1. The van der Waals surface area contributed by atoms with Gasteiger partial charge in [0, 0.05) is 6.54 Å². The molecule has 0 saturated carbocycles. The van der Waals surface area contributed by atoms with Crippen molar-refractivity contribution in [2.45, 2.75) is 27.2 Å². The molecule has 114 valence electrons. The molecule has 0 aromatic heterocycles. The summed E-state index contributed by atoms with van der Waals surface area (Å²) >= 11 is 0. The second-order valence-electron chi connectivity index (χ2n) is 5.83. The first kappa shape index (κ1) is 15.1. The molecular formula is C14H19N3O4. The van der Waals surface area contributed by atoms with Gasteiger partial charge in [0.2, 0.25) is 0 Å². The Labute approximate surface area is 122 Å². The molecule has 0 saturated heterocycles. The molecule has 1 aromatic carbocycles. The molecule has 7 nitrogen and oxygen atoms in total. The van der Waals surface area contributed by atoms with Crippen molar-refractivity contribution in [3.63, 3.8) is 0 Å². The van der Waals surface area contributed by atoms with Gasteiger partial charge < -0.3 is 15.4 Å². The van der Waals surface area contributed by atoms with Crippen LogP contribution in [0.2, 0.25) is 0 Å². The van der Waals surface area contributed by atoms with E-state index in [0.29, 0.717) is 23.7 Å². The van der Waals surface area contributed by atoms with Gasteiger partial charge in [0.25, 0.3) is 11.6 Å². The summed E-state index contributed by atoms with van der Waals surface area (Å²) in [5.41, 5.74) is 0.792. The number of carbonyl (C=O) groups excluding carboxylic acids is 1. The predicted molar refractivity (Wildman–Crippen MR) is 79.8 cm³/mol. The van der Waals surface area contributed by atoms with Crippen molar-refractivity contribution in [1.29, 1.82) is 0 Å². The van der Waals surface area contributed by atoms with Crippen LogP contribution >= 0.6 is 0 Å². The number of carbonyl (C=O) groups is 1. The summed E-state index contributed by atoms with van der Waals surface area (Å²) in [6.07, 6.45) is 0.943. The normalized spacial score (nSPS) is 14.0. The maximum atomic E-state index is 11.3. The van der Waals surface area contributed by atoms with Gasteiger partial charge in [0.15, 0.2) is 12.4 Å². The summed E-state index contributed by atoms with van der Waals surface area (Å²) in [7, 11) is 0. The smallest absolute Gasteiger partial charge is 0.296 e. The van der Waals surface area contributed by atoms with Crippen LogP contribution in [0.25, 0.3) is 0 Å². The fourth-order valence-corrected chi connectivity index (χ4v) is 1.87. The lowest BCUT2D eigenvalue weighted by atomic mass is 9.90. The number of nitro groups is 1. The molecule has 1 aliphatic heterocycles. The zero-order valence-electron chi connectivity index (χ0n) is 12.4. The van der Waals surface area contributed by atoms with Gasteiger partial charge in [-0.1, -0.05) is 20.8 Å². The molecule has 2 N–H and O–H groups in total. The highest BCUT2D eigenvalue weighted by Gasteiger charge is 2.25. The van der Waals surface area contributed by atoms with Crippen LogP contribution in [-0.4, -0.2) is 24.0 Å². The third kappa shape index (κ3) is 3.42. The topological polar surface area (TPSA) is 93.5 Å². The highest BCUT2D eigenvalue weighted by Crippen LogP contribution is 2.38. The van der Waals surface area contributed by atoms with Gasteiger partial charge in [-0.2, -0.15) is 0 Å². The third-order valence-electron chi connectivity index (χ3n) is 3.64. The Kier molecular flexibility index (Phi) is 4.02. The minimum atomic E-state index is -0.457. The number of nitrogens with zero attached hydrogens (tertiary/aromatic N) is 1. The van der Waals surface area contributed by atoms with Crippen molar-refractivity contribution in [1.82, 2.24) is 0 Å². The fraction of sp³-hybridized carbons (Fsp3) is 0.500. The van der Waals surface area contributed by atoms with Crippen molar-refractivity contribution in [2.24, 2.45) is 5.41 Å². The zero-order chi connectivity index (χ0) is 15.6. The third-order valence-corrected chi connectivity index (χ3v) is 3.64. The molecule has 0 bridgehead atoms. The molecule has 1 amide bonds. The number of nitrogens with one attached hydrogen (secondary N) is 2. The number of rotatable bonds is 5. The Hall–Kier alpha value is -2.31. The van der Waals surface area contributed by atoms with Gasteiger partial charge in [-0.15, -0.1) is 0 Å². The summed E-state index contributed by atoms with van der Waals surface area (Å²) in [6.45, 7) is 6.69. The molecule has 0 unspecified atom stereocenters. The van der Waals surface area contributed by atoms with Crippen molar-refractivity contribution < 1.29 is 14.5 Å². The summed E-state index contributed by atoms with van der Waals surface area (Å²) in [5, 5.41) is 16.9. The molecule has 7 heteroatoms. The van der Waals surface area contributed by atoms with Gasteiger partial charge in [0.1, 0.15) is 5.69 Å². The number of fused-ring (bicyclic) bond motifs is 1. The van der Waals surface area contributed by atoms with E-state index in [9.17, 15) is 14.9 Å². The number of benzene rings is 1. The minimum Gasteiger partial charge on any atom is -0.481 e. The Morgan fingerprint density at radius 3 is 2.81 bits per heavy atom. The maximum absolute atomic E-state index is 11.3. The monoisotopic (exact) mass is 293 g/mol. The van der Waals surface area contributed by atoms with Crippen LogP contribution < -0.4 is 15.4 Å². The number of ether oxygens (including phenoxy) is 1. The van der Waals surface area contributed by atoms with Gasteiger partial charge in [-0.3, -0.25) is 14.9 Å². The first-order valence-electron chi connectivity index (χ1n) is 6.81. The van der Waals surface area contributed by atoms with E-state index in [-0.39, 0.29) is 23.6 Å². The highest BCUT2D eigenvalue weighted by atomic mass is 16.6. The van der Waals surface area contributed by atoms with Crippen LogP contribution in [0.4, 0.5) is 17.1 Å². The fourth-order valence-electron chi connectivity index (χ4n) is 1.87. The second-order valence-corrected chi connectivity index (χ2v) is 5.83. The molecule has 0 atom stereocenters. The van der Waals surface area contributed by atoms with Crippen molar-refractivity contribution in [2.75, 3.05) is 23.8 Å². The molecule has 1 heterocycles. The highest BCUT2D eigenvalue weighted by molar-refractivity contribution is 5.96. The lowest BCUT2D eigenvalue weighted by Gasteiger charge is -2.24. The number of hydrogen-bond acceptors (Lipinski definition) is 5. The van der Waals surface area contributed by atoms with Gasteiger partial charge >= 0.3 is 0 Å². The van der Waals surface area contributed by atoms with E-state index in [4.69, 9.17) is 4.74 Å². The Bertz CT molecular complexity index is 584. The summed E-state index contributed by atoms with van der Waals surface area (Å²) in [4.78, 5) is 22.1. The maximum Gasteiger partial charge on any atom is 0.296 e. The predicted octanol–water partition coefficient (Wildman–Crippen LogP) is 2.77. The van der Waals surface area contributed by atoms with Crippen LogP contribution in [0.1, 0.15) is 27.2 Å². The zero-order valence-corrected chi connectivity index (χ0v) is 12.4. The number of nitro benzene ring substituents is 1. The lowest BCUT2D eigenvalue weighted by Crippen LogP contribution is -2.26.